The molecule has 2 aromatic carbocycles. The van der Waals surface area contributed by atoms with Crippen LogP contribution in [0, 0.1) is 0 Å². The Labute approximate surface area is 156 Å². The van der Waals surface area contributed by atoms with Crippen molar-refractivity contribution in [3.8, 4) is 11.5 Å². The van der Waals surface area contributed by atoms with Gasteiger partial charge in [-0.05, 0) is 24.3 Å². The van der Waals surface area contributed by atoms with Crippen LogP contribution in [0.2, 0.25) is 0 Å². The van der Waals surface area contributed by atoms with Gasteiger partial charge in [-0.2, -0.15) is 0 Å². The Kier molecular flexibility index (Phi) is 4.28. The number of nitrogens with one attached hydrogen (secondary N) is 1. The summed E-state index contributed by atoms with van der Waals surface area (Å²) in [4.78, 5) is 14.2. The van der Waals surface area contributed by atoms with E-state index in [1.165, 1.54) is 4.90 Å². The zero-order valence-electron chi connectivity index (χ0n) is 14.9. The zero-order chi connectivity index (χ0) is 18.3. The SMILES string of the molecule is COc1ccc(NC(=O)c2cc3cccc4c3n2C[C@@H](C)S4)c(OC)c1. The van der Waals surface area contributed by atoms with Crippen molar-refractivity contribution >= 4 is 34.3 Å². The second-order valence-corrected chi connectivity index (χ2v) is 7.76. The van der Waals surface area contributed by atoms with Crippen molar-refractivity contribution < 1.29 is 14.3 Å². The van der Waals surface area contributed by atoms with Crippen molar-refractivity contribution in [1.82, 2.24) is 4.57 Å². The molecule has 0 unspecified atom stereocenters. The molecule has 6 heteroatoms. The van der Waals surface area contributed by atoms with Gasteiger partial charge in [0.05, 0.1) is 25.4 Å². The number of amides is 1. The third kappa shape index (κ3) is 2.80. The standard InChI is InChI=1S/C20H20N2O3S/c1-12-11-22-16(9-13-5-4-6-18(26-12)19(13)22)20(23)21-15-8-7-14(24-2)10-17(15)25-3/h4-10,12H,11H2,1-3H3,(H,21,23)/t12-/m1/s1. The van der Waals surface area contributed by atoms with E-state index >= 15 is 0 Å². The first kappa shape index (κ1) is 16.8. The third-order valence-electron chi connectivity index (χ3n) is 4.54. The maximum atomic E-state index is 13.0. The molecule has 0 aliphatic carbocycles. The summed E-state index contributed by atoms with van der Waals surface area (Å²) in [5, 5.41) is 4.49. The number of benzene rings is 2. The number of aromatic nitrogens is 1. The Bertz CT molecular complexity index is 996. The number of methoxy groups -OCH3 is 2. The summed E-state index contributed by atoms with van der Waals surface area (Å²) in [6.07, 6.45) is 0. The molecule has 5 nitrogen and oxygen atoms in total. The number of rotatable bonds is 4. The van der Waals surface area contributed by atoms with Gasteiger partial charge >= 0.3 is 0 Å². The van der Waals surface area contributed by atoms with Crippen LogP contribution < -0.4 is 14.8 Å². The highest BCUT2D eigenvalue weighted by molar-refractivity contribution is 8.00. The minimum absolute atomic E-state index is 0.144. The number of ether oxygens (including phenoxy) is 2. The maximum absolute atomic E-state index is 13.0. The fourth-order valence-corrected chi connectivity index (χ4v) is 4.52. The minimum atomic E-state index is -0.144. The Balaban J connectivity index is 1.72. The van der Waals surface area contributed by atoms with E-state index in [1.807, 2.05) is 23.9 Å². The van der Waals surface area contributed by atoms with Gasteiger partial charge in [0.2, 0.25) is 0 Å². The van der Waals surface area contributed by atoms with E-state index in [9.17, 15) is 4.79 Å². The van der Waals surface area contributed by atoms with Gasteiger partial charge in [-0.25, -0.2) is 0 Å². The molecular weight excluding hydrogens is 348 g/mol. The number of carbonyl (C=O) groups is 1. The lowest BCUT2D eigenvalue weighted by atomic mass is 10.2. The van der Waals surface area contributed by atoms with E-state index in [-0.39, 0.29) is 5.91 Å². The molecule has 0 saturated carbocycles. The van der Waals surface area contributed by atoms with Crippen molar-refractivity contribution in [2.75, 3.05) is 19.5 Å². The van der Waals surface area contributed by atoms with Crippen LogP contribution in [0.4, 0.5) is 5.69 Å². The number of hydrogen-bond donors (Lipinski definition) is 1. The molecule has 0 spiro atoms. The van der Waals surface area contributed by atoms with E-state index < -0.39 is 0 Å². The van der Waals surface area contributed by atoms with Crippen molar-refractivity contribution in [3.63, 3.8) is 0 Å². The largest absolute Gasteiger partial charge is 0.497 e. The Morgan fingerprint density at radius 3 is 2.81 bits per heavy atom. The molecule has 0 saturated heterocycles. The fraction of sp³-hybridized carbons (Fsp3) is 0.250. The summed E-state index contributed by atoms with van der Waals surface area (Å²) in [5.41, 5.74) is 2.43. The summed E-state index contributed by atoms with van der Waals surface area (Å²) < 4.78 is 12.7. The molecule has 1 aromatic heterocycles. The molecule has 1 atom stereocenters. The molecule has 3 aromatic rings. The topological polar surface area (TPSA) is 52.5 Å². The number of nitrogens with zero attached hydrogens (tertiary/aromatic N) is 1. The fourth-order valence-electron chi connectivity index (χ4n) is 3.36. The number of para-hydroxylation sites is 1. The van der Waals surface area contributed by atoms with Crippen LogP contribution in [-0.2, 0) is 6.54 Å². The molecule has 0 bridgehead atoms. The first-order chi connectivity index (χ1) is 12.6. The van der Waals surface area contributed by atoms with Gasteiger partial charge < -0.3 is 19.4 Å². The monoisotopic (exact) mass is 368 g/mol. The Morgan fingerprint density at radius 1 is 1.19 bits per heavy atom. The van der Waals surface area contributed by atoms with Gasteiger partial charge in [0, 0.05) is 28.1 Å². The predicted octanol–water partition coefficient (Wildman–Crippen LogP) is 4.41. The molecule has 1 aliphatic rings. The highest BCUT2D eigenvalue weighted by Gasteiger charge is 2.24. The quantitative estimate of drug-likeness (QED) is 0.741. The van der Waals surface area contributed by atoms with Gasteiger partial charge in [0.1, 0.15) is 17.2 Å². The minimum Gasteiger partial charge on any atom is -0.497 e. The molecule has 0 fully saturated rings. The van der Waals surface area contributed by atoms with Gasteiger partial charge in [-0.15, -0.1) is 11.8 Å². The zero-order valence-corrected chi connectivity index (χ0v) is 15.7. The van der Waals surface area contributed by atoms with E-state index in [4.69, 9.17) is 9.47 Å². The van der Waals surface area contributed by atoms with Crippen molar-refractivity contribution in [2.24, 2.45) is 0 Å². The van der Waals surface area contributed by atoms with Crippen LogP contribution in [0.3, 0.4) is 0 Å². The molecule has 26 heavy (non-hydrogen) atoms. The van der Waals surface area contributed by atoms with Crippen LogP contribution in [-0.4, -0.2) is 29.9 Å². The Morgan fingerprint density at radius 2 is 2.04 bits per heavy atom. The highest BCUT2D eigenvalue weighted by Crippen LogP contribution is 2.38. The van der Waals surface area contributed by atoms with Gasteiger partial charge in [-0.3, -0.25) is 4.79 Å². The maximum Gasteiger partial charge on any atom is 0.272 e. The highest BCUT2D eigenvalue weighted by atomic mass is 32.2. The molecule has 2 heterocycles. The van der Waals surface area contributed by atoms with E-state index in [2.05, 4.69) is 28.9 Å². The average Bonchev–Trinajstić information content (AvgIpc) is 3.02. The van der Waals surface area contributed by atoms with Crippen LogP contribution in [0.15, 0.2) is 47.4 Å². The molecule has 0 radical (unpaired) electrons. The number of anilines is 1. The molecule has 4 rings (SSSR count). The smallest absolute Gasteiger partial charge is 0.272 e. The first-order valence-electron chi connectivity index (χ1n) is 8.43. The van der Waals surface area contributed by atoms with Crippen LogP contribution in [0.1, 0.15) is 17.4 Å². The molecule has 1 aliphatic heterocycles. The van der Waals surface area contributed by atoms with Crippen LogP contribution in [0.5, 0.6) is 11.5 Å². The normalized spacial score (nSPS) is 15.7. The lowest BCUT2D eigenvalue weighted by molar-refractivity contribution is 0.101. The first-order valence-corrected chi connectivity index (χ1v) is 9.31. The number of thioether (sulfide) groups is 1. The van der Waals surface area contributed by atoms with Crippen LogP contribution in [0.25, 0.3) is 10.9 Å². The third-order valence-corrected chi connectivity index (χ3v) is 5.68. The summed E-state index contributed by atoms with van der Waals surface area (Å²) in [6, 6.07) is 13.5. The summed E-state index contributed by atoms with van der Waals surface area (Å²) in [6.45, 7) is 2.99. The van der Waals surface area contributed by atoms with Gasteiger partial charge in [0.15, 0.2) is 0 Å². The average molecular weight is 368 g/mol. The number of hydrogen-bond acceptors (Lipinski definition) is 4. The van der Waals surface area contributed by atoms with Crippen molar-refractivity contribution in [2.45, 2.75) is 23.6 Å². The van der Waals surface area contributed by atoms with Gasteiger partial charge in [-0.1, -0.05) is 19.1 Å². The summed E-state index contributed by atoms with van der Waals surface area (Å²) in [7, 11) is 3.17. The molecule has 1 amide bonds. The molecular formula is C20H20N2O3S. The van der Waals surface area contributed by atoms with E-state index in [0.29, 0.717) is 28.1 Å². The number of carbonyl (C=O) groups excluding carboxylic acids is 1. The lowest BCUT2D eigenvalue weighted by Crippen LogP contribution is -2.22. The van der Waals surface area contributed by atoms with Gasteiger partial charge in [0.25, 0.3) is 5.91 Å². The second-order valence-electron chi connectivity index (χ2n) is 6.28. The Hall–Kier alpha value is -2.60. The van der Waals surface area contributed by atoms with Crippen molar-refractivity contribution in [3.05, 3.63) is 48.2 Å². The predicted molar refractivity (Wildman–Crippen MR) is 105 cm³/mol. The second kappa shape index (κ2) is 6.61. The summed E-state index contributed by atoms with van der Waals surface area (Å²) in [5.74, 6) is 1.10. The van der Waals surface area contributed by atoms with Crippen LogP contribution >= 0.6 is 11.8 Å². The molecule has 134 valence electrons. The lowest BCUT2D eigenvalue weighted by Gasteiger charge is -2.22. The van der Waals surface area contributed by atoms with E-state index in [0.717, 1.165) is 17.4 Å². The summed E-state index contributed by atoms with van der Waals surface area (Å²) >= 11 is 1.86. The van der Waals surface area contributed by atoms with Crippen molar-refractivity contribution in [1.29, 1.82) is 0 Å². The van der Waals surface area contributed by atoms with E-state index in [1.54, 1.807) is 32.4 Å². The molecule has 1 N–H and O–H groups in total.